The molecule has 146 valence electrons. The molecule has 0 spiro atoms. The topological polar surface area (TPSA) is 78.5 Å². The summed E-state index contributed by atoms with van der Waals surface area (Å²) < 4.78 is 25.5. The highest BCUT2D eigenvalue weighted by Gasteiger charge is 2.28. The molecule has 2 atom stereocenters. The molecule has 1 amide bonds. The molecule has 2 heterocycles. The molecular formula is C18H28ClN3O3S. The lowest BCUT2D eigenvalue weighted by molar-refractivity contribution is -0.117. The molecule has 0 bridgehead atoms. The van der Waals surface area contributed by atoms with Crippen LogP contribution in [0.3, 0.4) is 0 Å². The summed E-state index contributed by atoms with van der Waals surface area (Å²) in [7, 11) is -3.21. The van der Waals surface area contributed by atoms with Crippen molar-refractivity contribution in [3.63, 3.8) is 0 Å². The third-order valence-electron chi connectivity index (χ3n) is 5.16. The van der Waals surface area contributed by atoms with E-state index in [-0.39, 0.29) is 24.1 Å². The van der Waals surface area contributed by atoms with Crippen molar-refractivity contribution in [2.75, 3.05) is 35.0 Å². The van der Waals surface area contributed by atoms with Crippen molar-refractivity contribution >= 4 is 39.7 Å². The van der Waals surface area contributed by atoms with Crippen LogP contribution < -0.4 is 14.9 Å². The van der Waals surface area contributed by atoms with Gasteiger partial charge in [-0.05, 0) is 62.4 Å². The number of anilines is 2. The zero-order valence-electron chi connectivity index (χ0n) is 15.1. The van der Waals surface area contributed by atoms with Crippen molar-refractivity contribution in [3.8, 4) is 0 Å². The summed E-state index contributed by atoms with van der Waals surface area (Å²) in [4.78, 5) is 12.4. The number of hydrogen-bond donors (Lipinski definition) is 2. The Kier molecular flexibility index (Phi) is 7.32. The van der Waals surface area contributed by atoms with Gasteiger partial charge in [-0.25, -0.2) is 8.42 Å². The van der Waals surface area contributed by atoms with Gasteiger partial charge in [-0.3, -0.25) is 9.10 Å². The van der Waals surface area contributed by atoms with Gasteiger partial charge in [-0.15, -0.1) is 12.4 Å². The number of rotatable bonds is 5. The fourth-order valence-corrected chi connectivity index (χ4v) is 5.26. The summed E-state index contributed by atoms with van der Waals surface area (Å²) in [6, 6.07) is 7.10. The molecule has 0 radical (unpaired) electrons. The maximum absolute atomic E-state index is 12.4. The molecule has 6 nitrogen and oxygen atoms in total. The second kappa shape index (κ2) is 9.06. The zero-order valence-corrected chi connectivity index (χ0v) is 16.7. The van der Waals surface area contributed by atoms with Crippen LogP contribution in [0.15, 0.2) is 24.3 Å². The highest BCUT2D eigenvalue weighted by atomic mass is 35.5. The van der Waals surface area contributed by atoms with Crippen LogP contribution in [0.1, 0.15) is 32.6 Å². The minimum Gasteiger partial charge on any atom is -0.326 e. The highest BCUT2D eigenvalue weighted by molar-refractivity contribution is 7.93. The average Bonchev–Trinajstić information content (AvgIpc) is 2.95. The fourth-order valence-electron chi connectivity index (χ4n) is 3.70. The fraction of sp³-hybridized carbons (Fsp3) is 0.611. The van der Waals surface area contributed by atoms with Crippen LogP contribution in [0.5, 0.6) is 0 Å². The number of nitrogens with zero attached hydrogens (tertiary/aromatic N) is 1. The van der Waals surface area contributed by atoms with E-state index >= 15 is 0 Å². The number of nitrogens with one attached hydrogen (secondary N) is 2. The van der Waals surface area contributed by atoms with Crippen LogP contribution in [-0.2, 0) is 14.8 Å². The maximum atomic E-state index is 12.4. The van der Waals surface area contributed by atoms with E-state index in [2.05, 4.69) is 17.6 Å². The lowest BCUT2D eigenvalue weighted by Crippen LogP contribution is -2.34. The molecule has 0 aliphatic carbocycles. The van der Waals surface area contributed by atoms with Crippen LogP contribution in [0, 0.1) is 11.8 Å². The van der Waals surface area contributed by atoms with Gasteiger partial charge < -0.3 is 10.6 Å². The smallest absolute Gasteiger partial charge is 0.235 e. The first-order chi connectivity index (χ1) is 12.0. The van der Waals surface area contributed by atoms with E-state index in [1.807, 2.05) is 0 Å². The second-order valence-electron chi connectivity index (χ2n) is 7.13. The van der Waals surface area contributed by atoms with Gasteiger partial charge in [0.2, 0.25) is 15.9 Å². The quantitative estimate of drug-likeness (QED) is 0.794. The number of benzene rings is 1. The normalized spacial score (nSPS) is 23.1. The summed E-state index contributed by atoms with van der Waals surface area (Å²) in [5, 5.41) is 6.31. The molecule has 8 heteroatoms. The molecule has 0 saturated carbocycles. The second-order valence-corrected chi connectivity index (χ2v) is 9.14. The predicted octanol–water partition coefficient (Wildman–Crippen LogP) is 2.61. The van der Waals surface area contributed by atoms with Crippen molar-refractivity contribution in [2.24, 2.45) is 11.8 Å². The average molecular weight is 402 g/mol. The van der Waals surface area contributed by atoms with Crippen LogP contribution in [0.2, 0.25) is 0 Å². The van der Waals surface area contributed by atoms with Gasteiger partial charge in [0.25, 0.3) is 0 Å². The third-order valence-corrected chi connectivity index (χ3v) is 7.03. The molecule has 2 unspecified atom stereocenters. The lowest BCUT2D eigenvalue weighted by atomic mass is 9.85. The molecule has 2 N–H and O–H groups in total. The van der Waals surface area contributed by atoms with Crippen LogP contribution in [0.4, 0.5) is 11.4 Å². The van der Waals surface area contributed by atoms with Crippen LogP contribution in [0.25, 0.3) is 0 Å². The van der Waals surface area contributed by atoms with Crippen molar-refractivity contribution in [1.82, 2.24) is 5.32 Å². The molecule has 2 aliphatic heterocycles. The van der Waals surface area contributed by atoms with E-state index < -0.39 is 10.0 Å². The minimum absolute atomic E-state index is 0. The first-order valence-electron chi connectivity index (χ1n) is 9.07. The lowest BCUT2D eigenvalue weighted by Gasteiger charge is -2.28. The molecule has 26 heavy (non-hydrogen) atoms. The Morgan fingerprint density at radius 1 is 1.38 bits per heavy atom. The molecule has 3 rings (SSSR count). The number of amides is 1. The first kappa shape index (κ1) is 21.0. The maximum Gasteiger partial charge on any atom is 0.235 e. The Hall–Kier alpha value is -1.31. The Bertz CT molecular complexity index is 720. The Morgan fingerprint density at radius 3 is 2.85 bits per heavy atom. The number of hydrogen-bond acceptors (Lipinski definition) is 4. The summed E-state index contributed by atoms with van der Waals surface area (Å²) in [5.74, 6) is 1.05. The number of halogens is 1. The van der Waals surface area contributed by atoms with Crippen molar-refractivity contribution in [1.29, 1.82) is 0 Å². The Balaban J connectivity index is 0.00000243. The zero-order chi connectivity index (χ0) is 17.9. The molecule has 0 aromatic heterocycles. The predicted molar refractivity (Wildman–Crippen MR) is 107 cm³/mol. The molecule has 2 saturated heterocycles. The summed E-state index contributed by atoms with van der Waals surface area (Å²) >= 11 is 0. The van der Waals surface area contributed by atoms with Crippen LogP contribution in [-0.4, -0.2) is 39.7 Å². The van der Waals surface area contributed by atoms with Crippen LogP contribution >= 0.6 is 12.4 Å². The Morgan fingerprint density at radius 2 is 2.19 bits per heavy atom. The molecule has 1 aromatic carbocycles. The van der Waals surface area contributed by atoms with Gasteiger partial charge in [0.05, 0.1) is 11.4 Å². The van der Waals surface area contributed by atoms with Gasteiger partial charge >= 0.3 is 0 Å². The standard InChI is InChI=1S/C18H27N3O3S.ClH/c1-14(15-5-3-8-19-13-15)11-18(22)20-16-6-2-7-17(12-16)21-9-4-10-25(21,23)24;/h2,6-7,12,14-15,19H,3-5,8-11,13H2,1H3,(H,20,22);1H. The van der Waals surface area contributed by atoms with E-state index in [9.17, 15) is 13.2 Å². The van der Waals surface area contributed by atoms with Crippen molar-refractivity contribution in [2.45, 2.75) is 32.6 Å². The number of carbonyl (C=O) groups is 1. The van der Waals surface area contributed by atoms with Gasteiger partial charge in [-0.1, -0.05) is 13.0 Å². The van der Waals surface area contributed by atoms with E-state index in [1.54, 1.807) is 24.3 Å². The highest BCUT2D eigenvalue weighted by Crippen LogP contribution is 2.27. The van der Waals surface area contributed by atoms with Gasteiger partial charge in [0.1, 0.15) is 0 Å². The summed E-state index contributed by atoms with van der Waals surface area (Å²) in [6.07, 6.45) is 3.47. The number of piperidine rings is 1. The monoisotopic (exact) mass is 401 g/mol. The van der Waals surface area contributed by atoms with E-state index in [0.29, 0.717) is 42.6 Å². The van der Waals surface area contributed by atoms with Gasteiger partial charge in [0.15, 0.2) is 0 Å². The van der Waals surface area contributed by atoms with E-state index in [4.69, 9.17) is 0 Å². The van der Waals surface area contributed by atoms with Crippen molar-refractivity contribution in [3.05, 3.63) is 24.3 Å². The minimum atomic E-state index is -3.21. The molecule has 2 aliphatic rings. The van der Waals surface area contributed by atoms with E-state index in [1.165, 1.54) is 17.1 Å². The number of carbonyl (C=O) groups excluding carboxylic acids is 1. The Labute approximate surface area is 162 Å². The third kappa shape index (κ3) is 5.11. The first-order valence-corrected chi connectivity index (χ1v) is 10.7. The summed E-state index contributed by atoms with van der Waals surface area (Å²) in [5.41, 5.74) is 1.28. The molecular weight excluding hydrogens is 374 g/mol. The van der Waals surface area contributed by atoms with E-state index in [0.717, 1.165) is 13.1 Å². The largest absolute Gasteiger partial charge is 0.326 e. The molecule has 2 fully saturated rings. The van der Waals surface area contributed by atoms with Crippen molar-refractivity contribution < 1.29 is 13.2 Å². The van der Waals surface area contributed by atoms with Gasteiger partial charge in [0, 0.05) is 18.7 Å². The summed E-state index contributed by atoms with van der Waals surface area (Å²) in [6.45, 7) is 4.69. The SMILES string of the molecule is CC(CC(=O)Nc1cccc(N2CCCS2(=O)=O)c1)C1CCCNC1.Cl. The van der Waals surface area contributed by atoms with Gasteiger partial charge in [-0.2, -0.15) is 0 Å². The number of sulfonamides is 1. The molecule has 1 aromatic rings.